The molecule has 2 aromatic rings. The molecule has 0 atom stereocenters. The van der Waals surface area contributed by atoms with E-state index in [0.29, 0.717) is 5.56 Å². The number of aryl methyl sites for hydroxylation is 1. The zero-order chi connectivity index (χ0) is 11.4. The van der Waals surface area contributed by atoms with Crippen molar-refractivity contribution in [1.29, 1.82) is 5.26 Å². The first-order chi connectivity index (χ1) is 7.79. The van der Waals surface area contributed by atoms with Crippen LogP contribution in [0.25, 0.3) is 0 Å². The zero-order valence-corrected chi connectivity index (χ0v) is 9.66. The van der Waals surface area contributed by atoms with Crippen molar-refractivity contribution in [3.8, 4) is 6.07 Å². The number of benzene rings is 1. The van der Waals surface area contributed by atoms with Gasteiger partial charge in [0.15, 0.2) is 0 Å². The number of hydrogen-bond donors (Lipinski definition) is 0. The number of aromatic nitrogens is 1. The van der Waals surface area contributed by atoms with Crippen molar-refractivity contribution >= 4 is 11.8 Å². The van der Waals surface area contributed by atoms with Gasteiger partial charge in [0.1, 0.15) is 11.1 Å². The molecule has 0 bridgehead atoms. The van der Waals surface area contributed by atoms with Crippen LogP contribution in [0.15, 0.2) is 52.5 Å². The van der Waals surface area contributed by atoms with Gasteiger partial charge in [-0.3, -0.25) is 0 Å². The molecule has 3 heteroatoms. The predicted molar refractivity (Wildman–Crippen MR) is 64.3 cm³/mol. The van der Waals surface area contributed by atoms with Gasteiger partial charge in [0.25, 0.3) is 0 Å². The van der Waals surface area contributed by atoms with Gasteiger partial charge in [0.2, 0.25) is 0 Å². The molecule has 0 aliphatic rings. The second kappa shape index (κ2) is 4.82. The van der Waals surface area contributed by atoms with Crippen LogP contribution >= 0.6 is 11.8 Å². The molecule has 0 aliphatic carbocycles. The maximum absolute atomic E-state index is 9.04. The summed E-state index contributed by atoms with van der Waals surface area (Å²) in [6, 6.07) is 13.8. The molecule has 1 heterocycles. The zero-order valence-electron chi connectivity index (χ0n) is 8.84. The SMILES string of the molecule is Cc1ccc(Sc2ccccn2)c(C#N)c1. The van der Waals surface area contributed by atoms with E-state index < -0.39 is 0 Å². The fraction of sp³-hybridized carbons (Fsp3) is 0.0769. The number of rotatable bonds is 2. The molecule has 1 aromatic heterocycles. The second-order valence-electron chi connectivity index (χ2n) is 3.38. The Morgan fingerprint density at radius 2 is 2.12 bits per heavy atom. The molecular weight excluding hydrogens is 216 g/mol. The van der Waals surface area contributed by atoms with Crippen LogP contribution in [-0.4, -0.2) is 4.98 Å². The summed E-state index contributed by atoms with van der Waals surface area (Å²) < 4.78 is 0. The van der Waals surface area contributed by atoms with Gasteiger partial charge in [-0.1, -0.05) is 23.9 Å². The molecule has 0 spiro atoms. The first-order valence-electron chi connectivity index (χ1n) is 4.89. The Morgan fingerprint density at radius 1 is 1.25 bits per heavy atom. The van der Waals surface area contributed by atoms with E-state index in [4.69, 9.17) is 5.26 Å². The summed E-state index contributed by atoms with van der Waals surface area (Å²) in [5.74, 6) is 0. The average Bonchev–Trinajstić information content (AvgIpc) is 2.33. The lowest BCUT2D eigenvalue weighted by molar-refractivity contribution is 1.13. The summed E-state index contributed by atoms with van der Waals surface area (Å²) in [7, 11) is 0. The normalized spacial score (nSPS) is 9.75. The van der Waals surface area contributed by atoms with E-state index in [1.807, 2.05) is 43.3 Å². The molecule has 0 unspecified atom stereocenters. The number of pyridine rings is 1. The van der Waals surface area contributed by atoms with E-state index in [9.17, 15) is 0 Å². The summed E-state index contributed by atoms with van der Waals surface area (Å²) in [5.41, 5.74) is 1.80. The minimum absolute atomic E-state index is 0.704. The van der Waals surface area contributed by atoms with E-state index in [1.165, 1.54) is 11.8 Å². The maximum atomic E-state index is 9.04. The van der Waals surface area contributed by atoms with Crippen molar-refractivity contribution < 1.29 is 0 Å². The lowest BCUT2D eigenvalue weighted by Crippen LogP contribution is -1.84. The summed E-state index contributed by atoms with van der Waals surface area (Å²) in [4.78, 5) is 5.18. The van der Waals surface area contributed by atoms with Crippen molar-refractivity contribution in [1.82, 2.24) is 4.98 Å². The van der Waals surface area contributed by atoms with Crippen LogP contribution < -0.4 is 0 Å². The summed E-state index contributed by atoms with van der Waals surface area (Å²) in [6.07, 6.45) is 1.75. The third kappa shape index (κ3) is 2.41. The molecule has 0 amide bonds. The molecule has 0 N–H and O–H groups in total. The fourth-order valence-corrected chi connectivity index (χ4v) is 2.18. The Balaban J connectivity index is 2.32. The van der Waals surface area contributed by atoms with Gasteiger partial charge in [-0.2, -0.15) is 5.26 Å². The smallest absolute Gasteiger partial charge is 0.101 e. The maximum Gasteiger partial charge on any atom is 0.101 e. The topological polar surface area (TPSA) is 36.7 Å². The summed E-state index contributed by atoms with van der Waals surface area (Å²) in [5, 5.41) is 9.94. The van der Waals surface area contributed by atoms with Crippen molar-refractivity contribution in [3.63, 3.8) is 0 Å². The van der Waals surface area contributed by atoms with Crippen LogP contribution in [0.5, 0.6) is 0 Å². The van der Waals surface area contributed by atoms with E-state index in [-0.39, 0.29) is 0 Å². The Kier molecular flexibility index (Phi) is 3.23. The standard InChI is InChI=1S/C13H10N2S/c1-10-5-6-12(11(8-10)9-14)16-13-4-2-3-7-15-13/h2-8H,1H3. The second-order valence-corrected chi connectivity index (χ2v) is 4.44. The molecule has 0 saturated carbocycles. The highest BCUT2D eigenvalue weighted by Crippen LogP contribution is 2.28. The van der Waals surface area contributed by atoms with Crippen molar-refractivity contribution in [2.24, 2.45) is 0 Å². The van der Waals surface area contributed by atoms with Crippen LogP contribution in [-0.2, 0) is 0 Å². The molecule has 2 rings (SSSR count). The first-order valence-corrected chi connectivity index (χ1v) is 5.71. The van der Waals surface area contributed by atoms with Crippen LogP contribution in [0, 0.1) is 18.3 Å². The van der Waals surface area contributed by atoms with Crippen LogP contribution in [0.1, 0.15) is 11.1 Å². The number of nitrogens with zero attached hydrogens (tertiary/aromatic N) is 2. The number of nitriles is 1. The van der Waals surface area contributed by atoms with Crippen LogP contribution in [0.2, 0.25) is 0 Å². The lowest BCUT2D eigenvalue weighted by Gasteiger charge is -2.03. The highest BCUT2D eigenvalue weighted by atomic mass is 32.2. The van der Waals surface area contributed by atoms with E-state index in [1.54, 1.807) is 6.20 Å². The Labute approximate surface area is 99.0 Å². The van der Waals surface area contributed by atoms with Gasteiger partial charge in [-0.15, -0.1) is 0 Å². The quantitative estimate of drug-likeness (QED) is 0.787. The Bertz CT molecular complexity index is 529. The monoisotopic (exact) mass is 226 g/mol. The minimum atomic E-state index is 0.704. The highest BCUT2D eigenvalue weighted by Gasteiger charge is 2.04. The summed E-state index contributed by atoms with van der Waals surface area (Å²) in [6.45, 7) is 1.98. The first kappa shape index (κ1) is 10.7. The lowest BCUT2D eigenvalue weighted by atomic mass is 10.2. The average molecular weight is 226 g/mol. The minimum Gasteiger partial charge on any atom is -0.250 e. The van der Waals surface area contributed by atoms with Gasteiger partial charge < -0.3 is 0 Å². The third-order valence-corrected chi connectivity index (χ3v) is 3.13. The molecule has 78 valence electrons. The van der Waals surface area contributed by atoms with Gasteiger partial charge >= 0.3 is 0 Å². The predicted octanol–water partition coefficient (Wildman–Crippen LogP) is 3.41. The van der Waals surface area contributed by atoms with Gasteiger partial charge in [0.05, 0.1) is 5.56 Å². The van der Waals surface area contributed by atoms with E-state index >= 15 is 0 Å². The van der Waals surface area contributed by atoms with Crippen molar-refractivity contribution in [3.05, 3.63) is 53.7 Å². The molecule has 2 nitrogen and oxygen atoms in total. The van der Waals surface area contributed by atoms with Gasteiger partial charge in [-0.25, -0.2) is 4.98 Å². The van der Waals surface area contributed by atoms with E-state index in [0.717, 1.165) is 15.5 Å². The largest absolute Gasteiger partial charge is 0.250 e. The Morgan fingerprint density at radius 3 is 2.81 bits per heavy atom. The van der Waals surface area contributed by atoms with E-state index in [2.05, 4.69) is 11.1 Å². The van der Waals surface area contributed by atoms with Crippen LogP contribution in [0.3, 0.4) is 0 Å². The van der Waals surface area contributed by atoms with Crippen LogP contribution in [0.4, 0.5) is 0 Å². The molecular formula is C13H10N2S. The third-order valence-electron chi connectivity index (χ3n) is 2.11. The summed E-state index contributed by atoms with van der Waals surface area (Å²) >= 11 is 1.51. The Hall–Kier alpha value is -1.79. The van der Waals surface area contributed by atoms with Crippen molar-refractivity contribution in [2.45, 2.75) is 16.8 Å². The molecule has 0 aliphatic heterocycles. The molecule has 0 fully saturated rings. The molecule has 1 aromatic carbocycles. The molecule has 16 heavy (non-hydrogen) atoms. The fourth-order valence-electron chi connectivity index (χ4n) is 1.34. The highest BCUT2D eigenvalue weighted by molar-refractivity contribution is 7.99. The van der Waals surface area contributed by atoms with Crippen molar-refractivity contribution in [2.75, 3.05) is 0 Å². The molecule has 0 radical (unpaired) electrons. The molecule has 0 saturated heterocycles. The van der Waals surface area contributed by atoms with Gasteiger partial charge in [0, 0.05) is 11.1 Å². The van der Waals surface area contributed by atoms with Gasteiger partial charge in [-0.05, 0) is 36.8 Å². The number of hydrogen-bond acceptors (Lipinski definition) is 3.